The monoisotopic (exact) mass is 389 g/mol. The average molecular weight is 390 g/mol. The molecule has 1 aromatic heterocycles. The van der Waals surface area contributed by atoms with Gasteiger partial charge in [-0.1, -0.05) is 58.0 Å². The van der Waals surface area contributed by atoms with Crippen LogP contribution in [-0.4, -0.2) is 22.9 Å². The lowest BCUT2D eigenvalue weighted by Gasteiger charge is -1.98. The van der Waals surface area contributed by atoms with Crippen molar-refractivity contribution in [2.24, 2.45) is 5.10 Å². The number of hydrogen-bond donors (Lipinski definition) is 1. The Morgan fingerprint density at radius 3 is 2.87 bits per heavy atom. The fourth-order valence-electron chi connectivity index (χ4n) is 1.83. The number of nitrogens with one attached hydrogen (secondary N) is 1. The summed E-state index contributed by atoms with van der Waals surface area (Å²) in [5.74, 6) is -0.0410. The summed E-state index contributed by atoms with van der Waals surface area (Å²) in [7, 11) is 0. The highest BCUT2D eigenvalue weighted by molar-refractivity contribution is 9.10. The Kier molecular flexibility index (Phi) is 5.09. The molecule has 0 saturated carbocycles. The first-order valence-corrected chi connectivity index (χ1v) is 8.55. The second-order valence-corrected chi connectivity index (χ2v) is 6.33. The number of benzene rings is 2. The molecule has 3 rings (SSSR count). The summed E-state index contributed by atoms with van der Waals surface area (Å²) in [6.45, 7) is 0. The molecule has 0 atom stereocenters. The predicted molar refractivity (Wildman–Crippen MR) is 94.6 cm³/mol. The van der Waals surface area contributed by atoms with Crippen molar-refractivity contribution in [3.05, 3.63) is 58.6 Å². The lowest BCUT2D eigenvalue weighted by Crippen LogP contribution is -2.19. The summed E-state index contributed by atoms with van der Waals surface area (Å²) in [6, 6.07) is 15.1. The predicted octanol–water partition coefficient (Wildman–Crippen LogP) is 3.83. The van der Waals surface area contributed by atoms with Gasteiger partial charge in [-0.3, -0.25) is 4.79 Å². The average Bonchev–Trinajstić information content (AvgIpc) is 2.98. The van der Waals surface area contributed by atoms with Crippen LogP contribution in [0, 0.1) is 0 Å². The molecule has 2 aromatic carbocycles. The Morgan fingerprint density at radius 1 is 1.26 bits per heavy atom. The smallest absolute Gasteiger partial charge is 0.257 e. The fourth-order valence-corrected chi connectivity index (χ4v) is 2.84. The minimum atomic E-state index is -0.222. The van der Waals surface area contributed by atoms with Gasteiger partial charge < -0.3 is 4.42 Å². The standard InChI is InChI=1S/C16H12BrN3O2S/c17-12-6-2-1-5-11(12)9-18-20-15(21)10-23-16-19-13-7-3-4-8-14(13)22-16/h1-9H,10H2,(H,20,21). The SMILES string of the molecule is O=C(CSc1nc2ccccc2o1)NN=Cc1ccccc1Br. The third kappa shape index (κ3) is 4.20. The third-order valence-electron chi connectivity index (χ3n) is 2.90. The van der Waals surface area contributed by atoms with Crippen LogP contribution in [0.15, 0.2) is 67.7 Å². The van der Waals surface area contributed by atoms with Gasteiger partial charge in [0.15, 0.2) is 5.58 Å². The molecular weight excluding hydrogens is 378 g/mol. The molecule has 0 aliphatic carbocycles. The van der Waals surface area contributed by atoms with Gasteiger partial charge in [-0.25, -0.2) is 10.4 Å². The summed E-state index contributed by atoms with van der Waals surface area (Å²) < 4.78 is 6.45. The van der Waals surface area contributed by atoms with Crippen LogP contribution < -0.4 is 5.43 Å². The molecule has 0 radical (unpaired) electrons. The zero-order valence-electron chi connectivity index (χ0n) is 11.9. The summed E-state index contributed by atoms with van der Waals surface area (Å²) in [4.78, 5) is 16.1. The zero-order valence-corrected chi connectivity index (χ0v) is 14.3. The van der Waals surface area contributed by atoms with Gasteiger partial charge in [0.2, 0.25) is 0 Å². The molecule has 0 spiro atoms. The molecule has 116 valence electrons. The summed E-state index contributed by atoms with van der Waals surface area (Å²) >= 11 is 4.64. The number of hydrogen-bond acceptors (Lipinski definition) is 5. The number of hydrazone groups is 1. The number of oxazole rings is 1. The van der Waals surface area contributed by atoms with Crippen molar-refractivity contribution in [1.82, 2.24) is 10.4 Å². The maximum Gasteiger partial charge on any atom is 0.257 e. The van der Waals surface area contributed by atoms with Gasteiger partial charge in [0.1, 0.15) is 5.52 Å². The van der Waals surface area contributed by atoms with E-state index in [4.69, 9.17) is 4.42 Å². The Morgan fingerprint density at radius 2 is 2.04 bits per heavy atom. The van der Waals surface area contributed by atoms with Crippen molar-refractivity contribution in [2.75, 3.05) is 5.75 Å². The number of carbonyl (C=O) groups excluding carboxylic acids is 1. The molecule has 0 saturated heterocycles. The fraction of sp³-hybridized carbons (Fsp3) is 0.0625. The molecule has 1 heterocycles. The van der Waals surface area contributed by atoms with E-state index in [1.165, 1.54) is 11.8 Å². The Hall–Kier alpha value is -2.12. The summed E-state index contributed by atoms with van der Waals surface area (Å²) in [5.41, 5.74) is 4.86. The zero-order chi connectivity index (χ0) is 16.1. The lowest BCUT2D eigenvalue weighted by molar-refractivity contribution is -0.118. The topological polar surface area (TPSA) is 67.5 Å². The highest BCUT2D eigenvalue weighted by Gasteiger charge is 2.08. The molecule has 23 heavy (non-hydrogen) atoms. The minimum Gasteiger partial charge on any atom is -0.431 e. The van der Waals surface area contributed by atoms with Crippen LogP contribution >= 0.6 is 27.7 Å². The molecule has 5 nitrogen and oxygen atoms in total. The Bertz CT molecular complexity index is 830. The maximum atomic E-state index is 11.8. The normalized spacial score (nSPS) is 11.2. The largest absolute Gasteiger partial charge is 0.431 e. The molecule has 1 N–H and O–H groups in total. The van der Waals surface area contributed by atoms with E-state index >= 15 is 0 Å². The van der Waals surface area contributed by atoms with Gasteiger partial charge in [-0.15, -0.1) is 0 Å². The van der Waals surface area contributed by atoms with E-state index in [0.717, 1.165) is 15.6 Å². The molecule has 0 aliphatic heterocycles. The Labute approximate surface area is 145 Å². The summed E-state index contributed by atoms with van der Waals surface area (Å²) in [6.07, 6.45) is 1.59. The van der Waals surface area contributed by atoms with Gasteiger partial charge in [0.25, 0.3) is 11.1 Å². The van der Waals surface area contributed by atoms with Gasteiger partial charge >= 0.3 is 0 Å². The highest BCUT2D eigenvalue weighted by Crippen LogP contribution is 2.22. The van der Waals surface area contributed by atoms with Gasteiger partial charge in [0, 0.05) is 10.0 Å². The molecule has 7 heteroatoms. The van der Waals surface area contributed by atoms with Crippen LogP contribution in [0.25, 0.3) is 11.1 Å². The second-order valence-electron chi connectivity index (χ2n) is 4.55. The Balaban J connectivity index is 1.52. The van der Waals surface area contributed by atoms with Gasteiger partial charge in [-0.05, 0) is 18.2 Å². The number of rotatable bonds is 5. The summed E-state index contributed by atoms with van der Waals surface area (Å²) in [5, 5.41) is 4.41. The first-order chi connectivity index (χ1) is 11.2. The second kappa shape index (κ2) is 7.43. The van der Waals surface area contributed by atoms with Crippen LogP contribution in [-0.2, 0) is 4.79 Å². The van der Waals surface area contributed by atoms with E-state index in [9.17, 15) is 4.79 Å². The first kappa shape index (κ1) is 15.8. The van der Waals surface area contributed by atoms with E-state index in [2.05, 4.69) is 31.4 Å². The van der Waals surface area contributed by atoms with Crippen LogP contribution in [0.4, 0.5) is 0 Å². The van der Waals surface area contributed by atoms with Crippen molar-refractivity contribution in [1.29, 1.82) is 0 Å². The van der Waals surface area contributed by atoms with Crippen LogP contribution in [0.3, 0.4) is 0 Å². The number of para-hydroxylation sites is 2. The van der Waals surface area contributed by atoms with E-state index in [1.54, 1.807) is 6.21 Å². The van der Waals surface area contributed by atoms with Crippen LogP contribution in [0.1, 0.15) is 5.56 Å². The molecule has 0 fully saturated rings. The third-order valence-corrected chi connectivity index (χ3v) is 4.45. The minimum absolute atomic E-state index is 0.181. The number of thioether (sulfide) groups is 1. The molecule has 0 aliphatic rings. The number of halogens is 1. The molecular formula is C16H12BrN3O2S. The van der Waals surface area contributed by atoms with Crippen molar-refractivity contribution in [2.45, 2.75) is 5.22 Å². The van der Waals surface area contributed by atoms with Crippen LogP contribution in [0.2, 0.25) is 0 Å². The quantitative estimate of drug-likeness (QED) is 0.409. The van der Waals surface area contributed by atoms with E-state index < -0.39 is 0 Å². The van der Waals surface area contributed by atoms with Crippen LogP contribution in [0.5, 0.6) is 0 Å². The first-order valence-electron chi connectivity index (χ1n) is 6.77. The van der Waals surface area contributed by atoms with E-state index in [0.29, 0.717) is 10.8 Å². The van der Waals surface area contributed by atoms with Gasteiger partial charge in [-0.2, -0.15) is 5.10 Å². The van der Waals surface area contributed by atoms with E-state index in [-0.39, 0.29) is 11.7 Å². The molecule has 0 unspecified atom stereocenters. The number of fused-ring (bicyclic) bond motifs is 1. The molecule has 1 amide bonds. The molecule has 3 aromatic rings. The number of nitrogens with zero attached hydrogens (tertiary/aromatic N) is 2. The van der Waals surface area contributed by atoms with Gasteiger partial charge in [0.05, 0.1) is 12.0 Å². The molecule has 0 bridgehead atoms. The highest BCUT2D eigenvalue weighted by atomic mass is 79.9. The van der Waals surface area contributed by atoms with Crippen molar-refractivity contribution >= 4 is 50.9 Å². The number of aromatic nitrogens is 1. The van der Waals surface area contributed by atoms with Crippen molar-refractivity contribution in [3.8, 4) is 0 Å². The maximum absolute atomic E-state index is 11.8. The van der Waals surface area contributed by atoms with Crippen molar-refractivity contribution in [3.63, 3.8) is 0 Å². The van der Waals surface area contributed by atoms with E-state index in [1.807, 2.05) is 48.5 Å². The lowest BCUT2D eigenvalue weighted by atomic mass is 10.2. The van der Waals surface area contributed by atoms with Crippen molar-refractivity contribution < 1.29 is 9.21 Å². The number of carbonyl (C=O) groups is 1. The number of amides is 1.